The van der Waals surface area contributed by atoms with E-state index in [2.05, 4.69) is 0 Å². The molecule has 6 heteroatoms. The molecular formula is C21H16ClNO4. The summed E-state index contributed by atoms with van der Waals surface area (Å²) in [4.78, 5) is 26.0. The summed E-state index contributed by atoms with van der Waals surface area (Å²) in [7, 11) is 0. The molecule has 0 fully saturated rings. The minimum Gasteiger partial charge on any atom is -0.506 e. The van der Waals surface area contributed by atoms with Crippen LogP contribution in [0.5, 0.6) is 5.75 Å². The number of amides is 1. The molecule has 27 heavy (non-hydrogen) atoms. The van der Waals surface area contributed by atoms with Crippen molar-refractivity contribution < 1.29 is 19.8 Å². The summed E-state index contributed by atoms with van der Waals surface area (Å²) in [6.45, 7) is 0. The van der Waals surface area contributed by atoms with Crippen LogP contribution in [0, 0.1) is 0 Å². The molecule has 0 aliphatic carbocycles. The van der Waals surface area contributed by atoms with Crippen LogP contribution in [-0.4, -0.2) is 22.1 Å². The lowest BCUT2D eigenvalue weighted by atomic mass is 10.1. The number of carbonyl (C=O) groups excluding carboxylic acids is 1. The first-order valence-corrected chi connectivity index (χ1v) is 8.53. The third kappa shape index (κ3) is 4.10. The summed E-state index contributed by atoms with van der Waals surface area (Å²) in [5.41, 5.74) is 0.950. The molecule has 0 radical (unpaired) electrons. The van der Waals surface area contributed by atoms with Crippen LogP contribution < -0.4 is 4.90 Å². The molecule has 0 unspecified atom stereocenters. The second kappa shape index (κ2) is 7.93. The average Bonchev–Trinajstić information content (AvgIpc) is 2.64. The van der Waals surface area contributed by atoms with Gasteiger partial charge in [-0.3, -0.25) is 9.69 Å². The van der Waals surface area contributed by atoms with Crippen molar-refractivity contribution >= 4 is 34.9 Å². The number of hydrogen-bond donors (Lipinski definition) is 2. The molecule has 0 aliphatic heterocycles. The predicted molar refractivity (Wildman–Crippen MR) is 104 cm³/mol. The Morgan fingerprint density at radius 1 is 0.889 bits per heavy atom. The van der Waals surface area contributed by atoms with E-state index in [0.717, 1.165) is 5.56 Å². The molecule has 5 nitrogen and oxygen atoms in total. The molecule has 0 heterocycles. The van der Waals surface area contributed by atoms with E-state index in [1.165, 1.54) is 29.2 Å². The summed E-state index contributed by atoms with van der Waals surface area (Å²) in [6, 6.07) is 19.5. The molecule has 136 valence electrons. The van der Waals surface area contributed by atoms with Gasteiger partial charge in [0.15, 0.2) is 0 Å². The fraction of sp³-hybridized carbons (Fsp3) is 0.0476. The zero-order chi connectivity index (χ0) is 19.4. The van der Waals surface area contributed by atoms with Crippen LogP contribution in [0.15, 0.2) is 72.8 Å². The number of anilines is 2. The minimum absolute atomic E-state index is 0.0285. The number of phenolic OH excluding ortho intramolecular Hbond substituents is 1. The Bertz CT molecular complexity index is 988. The van der Waals surface area contributed by atoms with Crippen molar-refractivity contribution in [3.8, 4) is 5.75 Å². The largest absolute Gasteiger partial charge is 0.506 e. The van der Waals surface area contributed by atoms with Crippen LogP contribution in [0.25, 0.3) is 0 Å². The standard InChI is InChI=1S/C21H16ClNO4/c22-15-10-11-16(21(26)27)18(13-15)23(17-8-4-5-9-19(17)24)20(25)12-14-6-2-1-3-7-14/h1-11,13,24H,12H2,(H,26,27). The van der Waals surface area contributed by atoms with Gasteiger partial charge in [0.2, 0.25) is 5.91 Å². The van der Waals surface area contributed by atoms with Gasteiger partial charge in [0, 0.05) is 5.02 Å². The number of carboxylic acid groups (broad SMARTS) is 1. The zero-order valence-electron chi connectivity index (χ0n) is 14.2. The lowest BCUT2D eigenvalue weighted by molar-refractivity contribution is -0.117. The highest BCUT2D eigenvalue weighted by molar-refractivity contribution is 6.31. The highest BCUT2D eigenvalue weighted by Gasteiger charge is 2.25. The van der Waals surface area contributed by atoms with Crippen molar-refractivity contribution in [3.63, 3.8) is 0 Å². The Morgan fingerprint density at radius 2 is 1.56 bits per heavy atom. The van der Waals surface area contributed by atoms with Gasteiger partial charge in [0.25, 0.3) is 0 Å². The fourth-order valence-electron chi connectivity index (χ4n) is 2.77. The SMILES string of the molecule is O=C(O)c1ccc(Cl)cc1N(C(=O)Cc1ccccc1)c1ccccc1O. The van der Waals surface area contributed by atoms with Crippen molar-refractivity contribution in [1.29, 1.82) is 0 Å². The normalized spacial score (nSPS) is 10.4. The summed E-state index contributed by atoms with van der Waals surface area (Å²) < 4.78 is 0. The van der Waals surface area contributed by atoms with Crippen LogP contribution >= 0.6 is 11.6 Å². The predicted octanol–water partition coefficient (Wildman–Crippen LogP) is 4.65. The first kappa shape index (κ1) is 18.5. The third-order valence-electron chi connectivity index (χ3n) is 4.00. The first-order chi connectivity index (χ1) is 13.0. The second-order valence-electron chi connectivity index (χ2n) is 5.85. The number of aromatic hydroxyl groups is 1. The highest BCUT2D eigenvalue weighted by Crippen LogP contribution is 2.36. The molecule has 0 aliphatic rings. The number of carboxylic acids is 1. The smallest absolute Gasteiger partial charge is 0.337 e. The molecule has 0 atom stereocenters. The maximum Gasteiger partial charge on any atom is 0.337 e. The average molecular weight is 382 g/mol. The minimum atomic E-state index is -1.20. The van der Waals surface area contributed by atoms with E-state index in [9.17, 15) is 19.8 Å². The van der Waals surface area contributed by atoms with E-state index in [4.69, 9.17) is 11.6 Å². The lowest BCUT2D eigenvalue weighted by Crippen LogP contribution is -2.29. The Morgan fingerprint density at radius 3 is 2.22 bits per heavy atom. The van der Waals surface area contributed by atoms with Crippen molar-refractivity contribution in [1.82, 2.24) is 0 Å². The number of hydrogen-bond acceptors (Lipinski definition) is 3. The zero-order valence-corrected chi connectivity index (χ0v) is 14.9. The Hall–Kier alpha value is -3.31. The topological polar surface area (TPSA) is 77.8 Å². The number of halogens is 1. The molecular weight excluding hydrogens is 366 g/mol. The van der Waals surface area contributed by atoms with Crippen molar-refractivity contribution in [2.45, 2.75) is 6.42 Å². The molecule has 3 rings (SSSR count). The lowest BCUT2D eigenvalue weighted by Gasteiger charge is -2.25. The Balaban J connectivity index is 2.14. The number of para-hydroxylation sites is 2. The number of nitrogens with zero attached hydrogens (tertiary/aromatic N) is 1. The van der Waals surface area contributed by atoms with Crippen LogP contribution in [0.3, 0.4) is 0 Å². The fourth-order valence-corrected chi connectivity index (χ4v) is 2.94. The molecule has 0 saturated carbocycles. The molecule has 1 amide bonds. The van der Waals surface area contributed by atoms with Crippen LogP contribution in [0.4, 0.5) is 11.4 Å². The highest BCUT2D eigenvalue weighted by atomic mass is 35.5. The summed E-state index contributed by atoms with van der Waals surface area (Å²) in [5.74, 6) is -1.74. The number of rotatable bonds is 5. The summed E-state index contributed by atoms with van der Waals surface area (Å²) >= 11 is 6.06. The summed E-state index contributed by atoms with van der Waals surface area (Å²) in [5, 5.41) is 20.1. The monoisotopic (exact) mass is 381 g/mol. The van der Waals surface area contributed by atoms with E-state index in [0.29, 0.717) is 0 Å². The molecule has 0 bridgehead atoms. The van der Waals surface area contributed by atoms with Crippen molar-refractivity contribution in [2.24, 2.45) is 0 Å². The van der Waals surface area contributed by atoms with E-state index in [1.807, 2.05) is 18.2 Å². The van der Waals surface area contributed by atoms with Crippen LogP contribution in [0.2, 0.25) is 5.02 Å². The van der Waals surface area contributed by atoms with E-state index in [-0.39, 0.29) is 34.1 Å². The van der Waals surface area contributed by atoms with Crippen LogP contribution in [0.1, 0.15) is 15.9 Å². The molecule has 3 aromatic carbocycles. The van der Waals surface area contributed by atoms with Gasteiger partial charge in [0.1, 0.15) is 5.75 Å². The van der Waals surface area contributed by atoms with Crippen LogP contribution in [-0.2, 0) is 11.2 Å². The molecule has 0 aromatic heterocycles. The van der Waals surface area contributed by atoms with E-state index < -0.39 is 11.9 Å². The Kier molecular flexibility index (Phi) is 5.43. The summed E-state index contributed by atoms with van der Waals surface area (Å²) in [6.07, 6.45) is 0.0285. The quantitative estimate of drug-likeness (QED) is 0.674. The van der Waals surface area contributed by atoms with Gasteiger partial charge in [-0.25, -0.2) is 4.79 Å². The molecule has 3 aromatic rings. The number of aromatic carboxylic acids is 1. The number of benzene rings is 3. The second-order valence-corrected chi connectivity index (χ2v) is 6.28. The first-order valence-electron chi connectivity index (χ1n) is 8.15. The van der Waals surface area contributed by atoms with Crippen molar-refractivity contribution in [2.75, 3.05) is 4.90 Å². The van der Waals surface area contributed by atoms with E-state index >= 15 is 0 Å². The van der Waals surface area contributed by atoms with Gasteiger partial charge in [-0.05, 0) is 35.9 Å². The number of carbonyl (C=O) groups is 2. The van der Waals surface area contributed by atoms with E-state index in [1.54, 1.807) is 30.3 Å². The van der Waals surface area contributed by atoms with Gasteiger partial charge < -0.3 is 10.2 Å². The van der Waals surface area contributed by atoms with Gasteiger partial charge in [-0.2, -0.15) is 0 Å². The van der Waals surface area contributed by atoms with Gasteiger partial charge >= 0.3 is 5.97 Å². The van der Waals surface area contributed by atoms with Gasteiger partial charge in [0.05, 0.1) is 23.4 Å². The number of phenols is 1. The molecule has 2 N–H and O–H groups in total. The van der Waals surface area contributed by atoms with Gasteiger partial charge in [-0.15, -0.1) is 0 Å². The van der Waals surface area contributed by atoms with Crippen molar-refractivity contribution in [3.05, 3.63) is 88.9 Å². The maximum absolute atomic E-state index is 13.1. The van der Waals surface area contributed by atoms with Gasteiger partial charge in [-0.1, -0.05) is 54.1 Å². The molecule has 0 spiro atoms. The Labute approximate surface area is 161 Å². The molecule has 0 saturated heterocycles. The third-order valence-corrected chi connectivity index (χ3v) is 4.24. The maximum atomic E-state index is 13.1.